The summed E-state index contributed by atoms with van der Waals surface area (Å²) in [5.41, 5.74) is 2.64. The maximum absolute atomic E-state index is 14.0. The van der Waals surface area contributed by atoms with E-state index in [0.717, 1.165) is 43.0 Å². The molecule has 0 spiro atoms. The standard InChI is InChI=1S/C25H33FN4O3/c1-19(22-17-21(26)10-11-23(22)30-15-13-29(2)14-16-30)28-24(31)9-6-12-27-25(32)33-18-20-7-4-3-5-8-20/h3-5,7-8,10-11,17,19H,6,9,12-16,18H2,1-2H3,(H,27,32)(H,28,31). The minimum Gasteiger partial charge on any atom is -0.445 e. The number of carbonyl (C=O) groups is 2. The third-order valence-corrected chi connectivity index (χ3v) is 5.74. The van der Waals surface area contributed by atoms with Crippen LogP contribution in [0.25, 0.3) is 0 Å². The van der Waals surface area contributed by atoms with E-state index in [0.29, 0.717) is 13.0 Å². The Bertz CT molecular complexity index is 917. The molecule has 1 saturated heterocycles. The number of carbonyl (C=O) groups excluding carboxylic acids is 2. The van der Waals surface area contributed by atoms with Crippen LogP contribution in [0.15, 0.2) is 48.5 Å². The van der Waals surface area contributed by atoms with E-state index in [1.807, 2.05) is 37.3 Å². The van der Waals surface area contributed by atoms with Crippen LogP contribution in [-0.4, -0.2) is 56.7 Å². The number of nitrogens with one attached hydrogen (secondary N) is 2. The van der Waals surface area contributed by atoms with Crippen molar-refractivity contribution in [2.75, 3.05) is 44.7 Å². The molecule has 1 heterocycles. The molecule has 1 aliphatic rings. The predicted molar refractivity (Wildman–Crippen MR) is 127 cm³/mol. The summed E-state index contributed by atoms with van der Waals surface area (Å²) >= 11 is 0. The number of alkyl carbamates (subject to hydrolysis) is 1. The van der Waals surface area contributed by atoms with Crippen molar-refractivity contribution in [2.45, 2.75) is 32.4 Å². The van der Waals surface area contributed by atoms with Gasteiger partial charge in [0.05, 0.1) is 6.04 Å². The number of anilines is 1. The van der Waals surface area contributed by atoms with Gasteiger partial charge in [0, 0.05) is 50.4 Å². The van der Waals surface area contributed by atoms with E-state index in [4.69, 9.17) is 4.74 Å². The quantitative estimate of drug-likeness (QED) is 0.566. The molecule has 0 aromatic heterocycles. The second-order valence-corrected chi connectivity index (χ2v) is 8.37. The Morgan fingerprint density at radius 1 is 1.09 bits per heavy atom. The van der Waals surface area contributed by atoms with E-state index < -0.39 is 6.09 Å². The molecule has 1 atom stereocenters. The fourth-order valence-corrected chi connectivity index (χ4v) is 3.81. The molecule has 3 rings (SSSR count). The molecule has 0 aliphatic carbocycles. The number of rotatable bonds is 9. The van der Waals surface area contributed by atoms with E-state index in [2.05, 4.69) is 27.5 Å². The summed E-state index contributed by atoms with van der Waals surface area (Å²) in [4.78, 5) is 28.7. The fourth-order valence-electron chi connectivity index (χ4n) is 3.81. The molecule has 2 aromatic carbocycles. The van der Waals surface area contributed by atoms with E-state index in [1.165, 1.54) is 12.1 Å². The van der Waals surface area contributed by atoms with Crippen LogP contribution in [0.3, 0.4) is 0 Å². The third kappa shape index (κ3) is 7.75. The van der Waals surface area contributed by atoms with Crippen LogP contribution in [-0.2, 0) is 16.1 Å². The summed E-state index contributed by atoms with van der Waals surface area (Å²) in [6.07, 6.45) is 0.222. The van der Waals surface area contributed by atoms with Gasteiger partial charge in [0.2, 0.25) is 5.91 Å². The molecular weight excluding hydrogens is 423 g/mol. The first kappa shape index (κ1) is 24.5. The fraction of sp³-hybridized carbons (Fsp3) is 0.440. The Hall–Kier alpha value is -3.13. The molecule has 1 unspecified atom stereocenters. The van der Waals surface area contributed by atoms with Crippen molar-refractivity contribution < 1.29 is 18.7 Å². The second-order valence-electron chi connectivity index (χ2n) is 8.37. The first-order valence-corrected chi connectivity index (χ1v) is 11.4. The summed E-state index contributed by atoms with van der Waals surface area (Å²) < 4.78 is 19.1. The van der Waals surface area contributed by atoms with Crippen LogP contribution in [0, 0.1) is 5.82 Å². The van der Waals surface area contributed by atoms with E-state index in [-0.39, 0.29) is 30.8 Å². The van der Waals surface area contributed by atoms with Gasteiger partial charge in [-0.25, -0.2) is 9.18 Å². The lowest BCUT2D eigenvalue weighted by atomic mass is 10.0. The molecule has 1 fully saturated rings. The average molecular weight is 457 g/mol. The topological polar surface area (TPSA) is 73.9 Å². The molecular formula is C25H33FN4O3. The number of hydrogen-bond donors (Lipinski definition) is 2. The highest BCUT2D eigenvalue weighted by molar-refractivity contribution is 5.77. The molecule has 1 aliphatic heterocycles. The van der Waals surface area contributed by atoms with E-state index in [1.54, 1.807) is 6.07 Å². The zero-order chi connectivity index (χ0) is 23.6. The van der Waals surface area contributed by atoms with Gasteiger partial charge < -0.3 is 25.2 Å². The van der Waals surface area contributed by atoms with Crippen LogP contribution in [0.4, 0.5) is 14.9 Å². The Morgan fingerprint density at radius 2 is 1.82 bits per heavy atom. The van der Waals surface area contributed by atoms with Gasteiger partial charge in [-0.05, 0) is 44.2 Å². The smallest absolute Gasteiger partial charge is 0.407 e. The summed E-state index contributed by atoms with van der Waals surface area (Å²) in [6.45, 7) is 6.02. The predicted octanol–water partition coefficient (Wildman–Crippen LogP) is 3.46. The van der Waals surface area contributed by atoms with Crippen LogP contribution in [0.1, 0.15) is 36.9 Å². The van der Waals surface area contributed by atoms with Crippen LogP contribution in [0.5, 0.6) is 0 Å². The van der Waals surface area contributed by atoms with Crippen molar-refractivity contribution >= 4 is 17.7 Å². The molecule has 0 bridgehead atoms. The molecule has 2 aromatic rings. The number of halogens is 1. The van der Waals surface area contributed by atoms with Crippen molar-refractivity contribution in [3.63, 3.8) is 0 Å². The van der Waals surface area contributed by atoms with Crippen molar-refractivity contribution in [1.29, 1.82) is 0 Å². The van der Waals surface area contributed by atoms with Crippen LogP contribution >= 0.6 is 0 Å². The first-order valence-electron chi connectivity index (χ1n) is 11.4. The van der Waals surface area contributed by atoms with Gasteiger partial charge >= 0.3 is 6.09 Å². The monoisotopic (exact) mass is 456 g/mol. The van der Waals surface area contributed by atoms with Gasteiger partial charge in [-0.2, -0.15) is 0 Å². The number of benzene rings is 2. The molecule has 178 valence electrons. The molecule has 2 amide bonds. The summed E-state index contributed by atoms with van der Waals surface area (Å²) in [5.74, 6) is -0.460. The van der Waals surface area contributed by atoms with Gasteiger partial charge in [-0.1, -0.05) is 30.3 Å². The van der Waals surface area contributed by atoms with Gasteiger partial charge in [-0.15, -0.1) is 0 Å². The average Bonchev–Trinajstić information content (AvgIpc) is 2.82. The Balaban J connectivity index is 1.42. The first-order chi connectivity index (χ1) is 15.9. The van der Waals surface area contributed by atoms with E-state index >= 15 is 0 Å². The number of nitrogens with zero attached hydrogens (tertiary/aromatic N) is 2. The minimum absolute atomic E-state index is 0.143. The van der Waals surface area contributed by atoms with Crippen molar-refractivity contribution in [3.8, 4) is 0 Å². The van der Waals surface area contributed by atoms with E-state index in [9.17, 15) is 14.0 Å². The number of ether oxygens (including phenoxy) is 1. The van der Waals surface area contributed by atoms with Crippen molar-refractivity contribution in [2.24, 2.45) is 0 Å². The minimum atomic E-state index is -0.510. The van der Waals surface area contributed by atoms with Crippen molar-refractivity contribution in [3.05, 3.63) is 65.5 Å². The highest BCUT2D eigenvalue weighted by Crippen LogP contribution is 2.28. The van der Waals surface area contributed by atoms with Gasteiger partial charge in [-0.3, -0.25) is 4.79 Å². The molecule has 0 saturated carbocycles. The van der Waals surface area contributed by atoms with Gasteiger partial charge in [0.15, 0.2) is 0 Å². The number of piperazine rings is 1. The lowest BCUT2D eigenvalue weighted by molar-refractivity contribution is -0.121. The number of likely N-dealkylation sites (N-methyl/N-ethyl adjacent to an activating group) is 1. The molecule has 7 nitrogen and oxygen atoms in total. The van der Waals surface area contributed by atoms with Crippen molar-refractivity contribution in [1.82, 2.24) is 15.5 Å². The lowest BCUT2D eigenvalue weighted by Crippen LogP contribution is -2.45. The summed E-state index contributed by atoms with van der Waals surface area (Å²) in [6, 6.07) is 13.9. The molecule has 2 N–H and O–H groups in total. The largest absolute Gasteiger partial charge is 0.445 e. The molecule has 33 heavy (non-hydrogen) atoms. The maximum Gasteiger partial charge on any atom is 0.407 e. The Morgan fingerprint density at radius 3 is 2.55 bits per heavy atom. The Kier molecular flexibility index (Phi) is 9.06. The zero-order valence-electron chi connectivity index (χ0n) is 19.4. The molecule has 8 heteroatoms. The zero-order valence-corrected chi connectivity index (χ0v) is 19.4. The summed E-state index contributed by atoms with van der Waals surface area (Å²) in [5, 5.41) is 5.61. The Labute approximate surface area is 194 Å². The highest BCUT2D eigenvalue weighted by atomic mass is 19.1. The number of amides is 2. The SMILES string of the molecule is CC(NC(=O)CCCNC(=O)OCc1ccccc1)c1cc(F)ccc1N1CCN(C)CC1. The number of hydrogen-bond acceptors (Lipinski definition) is 5. The second kappa shape index (κ2) is 12.2. The highest BCUT2D eigenvalue weighted by Gasteiger charge is 2.21. The van der Waals surface area contributed by atoms with Gasteiger partial charge in [0.1, 0.15) is 12.4 Å². The third-order valence-electron chi connectivity index (χ3n) is 5.74. The summed E-state index contributed by atoms with van der Waals surface area (Å²) in [7, 11) is 2.09. The van der Waals surface area contributed by atoms with Crippen LogP contribution < -0.4 is 15.5 Å². The van der Waals surface area contributed by atoms with Crippen LogP contribution in [0.2, 0.25) is 0 Å². The molecule has 0 radical (unpaired) electrons. The van der Waals surface area contributed by atoms with Gasteiger partial charge in [0.25, 0.3) is 0 Å². The normalized spacial score (nSPS) is 15.1. The maximum atomic E-state index is 14.0. The lowest BCUT2D eigenvalue weighted by Gasteiger charge is -2.36.